The summed E-state index contributed by atoms with van der Waals surface area (Å²) in [6, 6.07) is 30.2. The molecule has 0 bridgehead atoms. The molecular weight excluding hydrogens is 410 g/mol. The number of rotatable bonds is 2. The standard InChI is InChI=1S/C28H23N3S/c32-28-30-26-21(15-20-11-5-9-18-7-1-3-12-22(18)20)16-29-17-25(26)27(31-28)24-14-6-10-19-8-2-4-13-23(19)24/h1-15,25,27,29H,16-17H2,(H,31,32)/b21-15+. The number of fused-ring (bicyclic) bond motifs is 3. The van der Waals surface area contributed by atoms with Crippen molar-refractivity contribution in [1.29, 1.82) is 0 Å². The van der Waals surface area contributed by atoms with Crippen LogP contribution in [-0.2, 0) is 0 Å². The highest BCUT2D eigenvalue weighted by molar-refractivity contribution is 7.80. The smallest absolute Gasteiger partial charge is 0.193 e. The predicted molar refractivity (Wildman–Crippen MR) is 138 cm³/mol. The number of benzene rings is 4. The van der Waals surface area contributed by atoms with E-state index in [4.69, 9.17) is 17.2 Å². The number of hydrogen-bond acceptors (Lipinski definition) is 2. The van der Waals surface area contributed by atoms with Crippen LogP contribution in [-0.4, -0.2) is 23.9 Å². The zero-order valence-corrected chi connectivity index (χ0v) is 18.4. The van der Waals surface area contributed by atoms with Gasteiger partial charge in [0.1, 0.15) is 0 Å². The van der Waals surface area contributed by atoms with Crippen LogP contribution in [0.5, 0.6) is 0 Å². The Morgan fingerprint density at radius 3 is 2.34 bits per heavy atom. The van der Waals surface area contributed by atoms with Crippen LogP contribution in [0.25, 0.3) is 27.6 Å². The van der Waals surface area contributed by atoms with Crippen molar-refractivity contribution in [3.05, 3.63) is 102 Å². The summed E-state index contributed by atoms with van der Waals surface area (Å²) in [5.74, 6) is 0.211. The summed E-state index contributed by atoms with van der Waals surface area (Å²) < 4.78 is 0. The molecule has 3 nitrogen and oxygen atoms in total. The fraction of sp³-hybridized carbons (Fsp3) is 0.143. The number of nitrogens with zero attached hydrogens (tertiary/aromatic N) is 1. The molecule has 2 heterocycles. The molecule has 4 aromatic carbocycles. The van der Waals surface area contributed by atoms with Gasteiger partial charge in [-0.3, -0.25) is 0 Å². The molecule has 0 radical (unpaired) electrons. The average Bonchev–Trinajstić information content (AvgIpc) is 2.84. The van der Waals surface area contributed by atoms with Crippen molar-refractivity contribution in [2.45, 2.75) is 6.04 Å². The summed E-state index contributed by atoms with van der Waals surface area (Å²) in [6.45, 7) is 1.67. The van der Waals surface area contributed by atoms with Crippen molar-refractivity contribution in [3.63, 3.8) is 0 Å². The summed E-state index contributed by atoms with van der Waals surface area (Å²) in [5.41, 5.74) is 4.82. The van der Waals surface area contributed by atoms with Crippen LogP contribution in [0.3, 0.4) is 0 Å². The first-order valence-corrected chi connectivity index (χ1v) is 11.4. The summed E-state index contributed by atoms with van der Waals surface area (Å²) >= 11 is 5.62. The normalized spacial score (nSPS) is 21.9. The lowest BCUT2D eigenvalue weighted by Gasteiger charge is -2.38. The molecule has 4 aromatic rings. The Morgan fingerprint density at radius 2 is 1.50 bits per heavy atom. The Morgan fingerprint density at radius 1 is 0.812 bits per heavy atom. The van der Waals surface area contributed by atoms with E-state index in [-0.39, 0.29) is 12.0 Å². The molecule has 1 saturated heterocycles. The van der Waals surface area contributed by atoms with Gasteiger partial charge in [0, 0.05) is 19.0 Å². The van der Waals surface area contributed by atoms with Crippen molar-refractivity contribution in [2.24, 2.45) is 10.9 Å². The summed E-state index contributed by atoms with van der Waals surface area (Å²) in [4.78, 5) is 4.85. The Kier molecular flexibility index (Phi) is 4.82. The van der Waals surface area contributed by atoms with Gasteiger partial charge in [-0.05, 0) is 56.5 Å². The Hall–Kier alpha value is -3.34. The van der Waals surface area contributed by atoms with Gasteiger partial charge in [0.2, 0.25) is 0 Å². The van der Waals surface area contributed by atoms with Gasteiger partial charge in [-0.2, -0.15) is 0 Å². The third-order valence-electron chi connectivity index (χ3n) is 6.57. The van der Waals surface area contributed by atoms with Crippen LogP contribution in [0.2, 0.25) is 0 Å². The summed E-state index contributed by atoms with van der Waals surface area (Å²) in [5, 5.41) is 12.7. The molecule has 2 N–H and O–H groups in total. The highest BCUT2D eigenvalue weighted by Crippen LogP contribution is 2.35. The highest BCUT2D eigenvalue weighted by Gasteiger charge is 2.36. The van der Waals surface area contributed by atoms with Gasteiger partial charge < -0.3 is 10.6 Å². The van der Waals surface area contributed by atoms with Crippen LogP contribution in [0.1, 0.15) is 17.2 Å². The first-order valence-electron chi connectivity index (χ1n) is 11.0. The fourth-order valence-electron chi connectivity index (χ4n) is 5.10. The second-order valence-electron chi connectivity index (χ2n) is 8.47. The molecule has 32 heavy (non-hydrogen) atoms. The molecule has 0 spiro atoms. The lowest BCUT2D eigenvalue weighted by atomic mass is 9.80. The maximum absolute atomic E-state index is 5.62. The molecule has 0 amide bonds. The van der Waals surface area contributed by atoms with Crippen molar-refractivity contribution < 1.29 is 0 Å². The van der Waals surface area contributed by atoms with Crippen LogP contribution < -0.4 is 10.6 Å². The van der Waals surface area contributed by atoms with E-state index in [0.29, 0.717) is 5.11 Å². The van der Waals surface area contributed by atoms with Crippen LogP contribution in [0.15, 0.2) is 95.5 Å². The molecule has 2 aliphatic heterocycles. The topological polar surface area (TPSA) is 36.4 Å². The van der Waals surface area contributed by atoms with E-state index in [0.717, 1.165) is 18.8 Å². The monoisotopic (exact) mass is 433 g/mol. The molecule has 2 unspecified atom stereocenters. The maximum atomic E-state index is 5.62. The van der Waals surface area contributed by atoms with E-state index in [2.05, 4.69) is 102 Å². The van der Waals surface area contributed by atoms with E-state index >= 15 is 0 Å². The Bertz CT molecular complexity index is 1410. The van der Waals surface area contributed by atoms with Crippen LogP contribution in [0.4, 0.5) is 0 Å². The fourth-order valence-corrected chi connectivity index (χ4v) is 5.32. The second-order valence-corrected chi connectivity index (χ2v) is 8.85. The minimum Gasteiger partial charge on any atom is -0.353 e. The maximum Gasteiger partial charge on any atom is 0.193 e. The third-order valence-corrected chi connectivity index (χ3v) is 6.78. The van der Waals surface area contributed by atoms with Crippen molar-refractivity contribution >= 4 is 50.7 Å². The van der Waals surface area contributed by atoms with E-state index in [9.17, 15) is 0 Å². The average molecular weight is 434 g/mol. The zero-order valence-electron chi connectivity index (χ0n) is 17.6. The number of nitrogens with one attached hydrogen (secondary N) is 2. The minimum atomic E-state index is 0.0878. The molecule has 4 heteroatoms. The second kappa shape index (κ2) is 7.97. The quantitative estimate of drug-likeness (QED) is 0.400. The Balaban J connectivity index is 1.45. The van der Waals surface area contributed by atoms with Gasteiger partial charge in [0.25, 0.3) is 0 Å². The molecule has 156 valence electrons. The first kappa shape index (κ1) is 19.4. The van der Waals surface area contributed by atoms with Crippen molar-refractivity contribution in [3.8, 4) is 0 Å². The molecule has 0 aromatic heterocycles. The minimum absolute atomic E-state index is 0.0878. The van der Waals surface area contributed by atoms with E-state index in [1.54, 1.807) is 0 Å². The van der Waals surface area contributed by atoms with Gasteiger partial charge in [0.05, 0.1) is 11.8 Å². The lowest BCUT2D eigenvalue weighted by Crippen LogP contribution is -2.50. The first-order chi connectivity index (χ1) is 15.8. The van der Waals surface area contributed by atoms with Gasteiger partial charge in [-0.15, -0.1) is 0 Å². The predicted octanol–water partition coefficient (Wildman–Crippen LogP) is 5.67. The van der Waals surface area contributed by atoms with E-state index in [1.165, 1.54) is 38.2 Å². The largest absolute Gasteiger partial charge is 0.353 e. The number of thiocarbonyl (C=S) groups is 1. The van der Waals surface area contributed by atoms with Gasteiger partial charge in [-0.1, -0.05) is 84.9 Å². The summed E-state index contributed by atoms with van der Waals surface area (Å²) in [7, 11) is 0. The van der Waals surface area contributed by atoms with E-state index < -0.39 is 0 Å². The van der Waals surface area contributed by atoms with Crippen molar-refractivity contribution in [2.75, 3.05) is 13.1 Å². The van der Waals surface area contributed by atoms with Crippen LogP contribution >= 0.6 is 12.2 Å². The summed E-state index contributed by atoms with van der Waals surface area (Å²) in [6.07, 6.45) is 2.29. The van der Waals surface area contributed by atoms with Crippen LogP contribution in [0, 0.1) is 5.92 Å². The molecule has 0 saturated carbocycles. The number of piperidine rings is 1. The molecule has 2 aliphatic rings. The lowest BCUT2D eigenvalue weighted by molar-refractivity contribution is 0.457. The third kappa shape index (κ3) is 3.32. The molecular formula is C28H23N3S. The molecule has 0 aliphatic carbocycles. The van der Waals surface area contributed by atoms with Gasteiger partial charge >= 0.3 is 0 Å². The molecule has 6 rings (SSSR count). The molecule has 2 atom stereocenters. The van der Waals surface area contributed by atoms with Gasteiger partial charge in [0.15, 0.2) is 5.11 Å². The van der Waals surface area contributed by atoms with Crippen molar-refractivity contribution in [1.82, 2.24) is 10.6 Å². The zero-order chi connectivity index (χ0) is 21.5. The Labute approximate surface area is 192 Å². The number of hydrogen-bond donors (Lipinski definition) is 2. The number of aliphatic imine (C=N–C) groups is 1. The SMILES string of the molecule is S=C1N=C2/C(=C/c3cccc4ccccc34)CNCC2C(c2cccc3ccccc23)N1. The molecule has 1 fully saturated rings. The van der Waals surface area contributed by atoms with E-state index in [1.807, 2.05) is 0 Å². The highest BCUT2D eigenvalue weighted by atomic mass is 32.1. The van der Waals surface area contributed by atoms with Gasteiger partial charge in [-0.25, -0.2) is 4.99 Å².